The molecule has 0 bridgehead atoms. The van der Waals surface area contributed by atoms with Crippen molar-refractivity contribution in [3.63, 3.8) is 0 Å². The average molecular weight is 97.1 g/mol. The van der Waals surface area contributed by atoms with E-state index < -0.39 is 0 Å². The van der Waals surface area contributed by atoms with Crippen molar-refractivity contribution in [1.29, 1.82) is 5.26 Å². The van der Waals surface area contributed by atoms with E-state index in [-0.39, 0.29) is 0 Å². The first-order chi connectivity index (χ1) is 3.27. The third kappa shape index (κ3) is 4.96. The van der Waals surface area contributed by atoms with Crippen LogP contribution in [0.15, 0.2) is 4.99 Å². The van der Waals surface area contributed by atoms with Gasteiger partial charge in [0.1, 0.15) is 6.34 Å². The monoisotopic (exact) mass is 97.1 g/mol. The van der Waals surface area contributed by atoms with Gasteiger partial charge in [-0.25, -0.2) is 0 Å². The number of nitriles is 1. The minimum atomic E-state index is 1.44. The molecule has 0 aromatic rings. The van der Waals surface area contributed by atoms with Crippen LogP contribution < -0.4 is 0 Å². The largest absolute Gasteiger partial charge is 0.368 e. The maximum atomic E-state index is 7.84. The predicted octanol–water partition coefficient (Wildman–Crippen LogP) is 0.0574. The highest BCUT2D eigenvalue weighted by molar-refractivity contribution is 5.54. The van der Waals surface area contributed by atoms with E-state index in [4.69, 9.17) is 5.26 Å². The average Bonchev–Trinajstić information content (AvgIpc) is 1.61. The molecule has 3 heteroatoms. The molecule has 0 N–H and O–H groups in total. The van der Waals surface area contributed by atoms with Gasteiger partial charge in [-0.1, -0.05) is 0 Å². The molecule has 0 aliphatic heterocycles. The van der Waals surface area contributed by atoms with Gasteiger partial charge in [-0.05, 0) is 0 Å². The molecule has 38 valence electrons. The summed E-state index contributed by atoms with van der Waals surface area (Å²) in [4.78, 5) is 4.98. The second kappa shape index (κ2) is 3.16. The second-order valence-electron chi connectivity index (χ2n) is 1.31. The molecular weight excluding hydrogens is 90.1 g/mol. The molecule has 0 saturated carbocycles. The lowest BCUT2D eigenvalue weighted by Crippen LogP contribution is -2.06. The van der Waals surface area contributed by atoms with Crippen molar-refractivity contribution < 1.29 is 0 Å². The summed E-state index contributed by atoms with van der Waals surface area (Å²) >= 11 is 0. The second-order valence-corrected chi connectivity index (χ2v) is 1.31. The first-order valence-electron chi connectivity index (χ1n) is 1.86. The number of hydrogen-bond acceptors (Lipinski definition) is 2. The van der Waals surface area contributed by atoms with Crippen molar-refractivity contribution in [2.45, 2.75) is 0 Å². The normalized spacial score (nSPS) is 8.71. The maximum Gasteiger partial charge on any atom is 0.207 e. The Kier molecular flexibility index (Phi) is 2.69. The third-order valence-corrected chi connectivity index (χ3v) is 0.346. The lowest BCUT2D eigenvalue weighted by Gasteiger charge is -1.97. The summed E-state index contributed by atoms with van der Waals surface area (Å²) in [6.07, 6.45) is 3.07. The summed E-state index contributed by atoms with van der Waals surface area (Å²) < 4.78 is 0. The van der Waals surface area contributed by atoms with Crippen molar-refractivity contribution in [3.05, 3.63) is 0 Å². The van der Waals surface area contributed by atoms with Gasteiger partial charge in [0.25, 0.3) is 0 Å². The molecule has 0 aromatic heterocycles. The summed E-state index contributed by atoms with van der Waals surface area (Å²) in [7, 11) is 3.61. The highest BCUT2D eigenvalue weighted by Crippen LogP contribution is 1.62. The van der Waals surface area contributed by atoms with E-state index in [1.807, 2.05) is 0 Å². The molecule has 0 fully saturated rings. The SMILES string of the molecule is CN(C)C=NC#N. The van der Waals surface area contributed by atoms with Gasteiger partial charge in [-0.3, -0.25) is 0 Å². The molecule has 0 saturated heterocycles. The number of rotatable bonds is 1. The number of hydrogen-bond donors (Lipinski definition) is 0. The smallest absolute Gasteiger partial charge is 0.207 e. The van der Waals surface area contributed by atoms with Crippen LogP contribution in [0.3, 0.4) is 0 Å². The summed E-state index contributed by atoms with van der Waals surface area (Å²) in [6.45, 7) is 0. The van der Waals surface area contributed by atoms with E-state index in [0.717, 1.165) is 0 Å². The zero-order valence-corrected chi connectivity index (χ0v) is 4.42. The van der Waals surface area contributed by atoms with E-state index in [1.54, 1.807) is 25.2 Å². The Hall–Kier alpha value is -1.04. The summed E-state index contributed by atoms with van der Waals surface area (Å²) in [6, 6.07) is 0. The van der Waals surface area contributed by atoms with Gasteiger partial charge in [0.05, 0.1) is 0 Å². The van der Waals surface area contributed by atoms with Crippen LogP contribution in [0, 0.1) is 11.5 Å². The minimum absolute atomic E-state index is 1.44. The van der Waals surface area contributed by atoms with Crippen molar-refractivity contribution >= 4 is 6.34 Å². The fourth-order valence-electron chi connectivity index (χ4n) is 0.141. The summed E-state index contributed by atoms with van der Waals surface area (Å²) in [5.74, 6) is 0. The lowest BCUT2D eigenvalue weighted by atomic mass is 10.9. The first-order valence-corrected chi connectivity index (χ1v) is 1.86. The Morgan fingerprint density at radius 3 is 2.43 bits per heavy atom. The molecule has 0 heterocycles. The van der Waals surface area contributed by atoms with E-state index in [1.165, 1.54) is 6.34 Å². The molecule has 0 radical (unpaired) electrons. The van der Waals surface area contributed by atoms with Crippen LogP contribution in [-0.2, 0) is 0 Å². The first kappa shape index (κ1) is 5.96. The maximum absolute atomic E-state index is 7.84. The van der Waals surface area contributed by atoms with Crippen molar-refractivity contribution in [3.8, 4) is 6.19 Å². The van der Waals surface area contributed by atoms with Crippen LogP contribution in [0.2, 0.25) is 0 Å². The Balaban J connectivity index is 3.31. The highest BCUT2D eigenvalue weighted by atomic mass is 15.1. The van der Waals surface area contributed by atoms with Crippen molar-refractivity contribution in [2.75, 3.05) is 14.1 Å². The van der Waals surface area contributed by atoms with Crippen LogP contribution in [-0.4, -0.2) is 25.3 Å². The van der Waals surface area contributed by atoms with Crippen molar-refractivity contribution in [1.82, 2.24) is 4.90 Å². The van der Waals surface area contributed by atoms with Crippen molar-refractivity contribution in [2.24, 2.45) is 4.99 Å². The molecule has 0 aliphatic rings. The quantitative estimate of drug-likeness (QED) is 0.263. The van der Waals surface area contributed by atoms with Gasteiger partial charge in [-0.15, -0.1) is 0 Å². The topological polar surface area (TPSA) is 39.4 Å². The van der Waals surface area contributed by atoms with E-state index in [0.29, 0.717) is 0 Å². The Bertz CT molecular complexity index is 98.0. The molecule has 0 rings (SSSR count). The van der Waals surface area contributed by atoms with Crippen LogP contribution in [0.1, 0.15) is 0 Å². The number of nitrogens with zero attached hydrogens (tertiary/aromatic N) is 3. The fourth-order valence-corrected chi connectivity index (χ4v) is 0.141. The van der Waals surface area contributed by atoms with Crippen LogP contribution in [0.5, 0.6) is 0 Å². The summed E-state index contributed by atoms with van der Waals surface area (Å²) in [5.41, 5.74) is 0. The molecule has 0 aromatic carbocycles. The standard InChI is InChI=1S/C4H7N3/c1-7(2)4-6-3-5/h4H,1-2H3. The van der Waals surface area contributed by atoms with Crippen LogP contribution in [0.25, 0.3) is 0 Å². The molecular formula is C4H7N3. The molecule has 0 unspecified atom stereocenters. The molecule has 0 aliphatic carbocycles. The zero-order chi connectivity index (χ0) is 5.70. The van der Waals surface area contributed by atoms with Gasteiger partial charge in [0.2, 0.25) is 6.19 Å². The zero-order valence-electron chi connectivity index (χ0n) is 4.42. The van der Waals surface area contributed by atoms with E-state index in [9.17, 15) is 0 Å². The fraction of sp³-hybridized carbons (Fsp3) is 0.500. The van der Waals surface area contributed by atoms with Gasteiger partial charge < -0.3 is 4.90 Å². The molecule has 0 atom stereocenters. The van der Waals surface area contributed by atoms with Crippen LogP contribution >= 0.6 is 0 Å². The Morgan fingerprint density at radius 2 is 2.29 bits per heavy atom. The Morgan fingerprint density at radius 1 is 1.71 bits per heavy atom. The van der Waals surface area contributed by atoms with Gasteiger partial charge in [-0.2, -0.15) is 10.3 Å². The minimum Gasteiger partial charge on any atom is -0.368 e. The molecule has 0 amide bonds. The molecule has 0 spiro atoms. The predicted molar refractivity (Wildman–Crippen MR) is 27.8 cm³/mol. The highest BCUT2D eigenvalue weighted by Gasteiger charge is 1.70. The van der Waals surface area contributed by atoms with Gasteiger partial charge >= 0.3 is 0 Å². The van der Waals surface area contributed by atoms with Gasteiger partial charge in [0, 0.05) is 14.1 Å². The van der Waals surface area contributed by atoms with E-state index >= 15 is 0 Å². The third-order valence-electron chi connectivity index (χ3n) is 0.346. The number of aliphatic imine (C=N–C) groups is 1. The Labute approximate surface area is 42.9 Å². The summed E-state index contributed by atoms with van der Waals surface area (Å²) in [5, 5.41) is 7.84. The van der Waals surface area contributed by atoms with E-state index in [2.05, 4.69) is 4.99 Å². The van der Waals surface area contributed by atoms with Crippen LogP contribution in [0.4, 0.5) is 0 Å². The van der Waals surface area contributed by atoms with Gasteiger partial charge in [0.15, 0.2) is 0 Å². The lowest BCUT2D eigenvalue weighted by molar-refractivity contribution is 0.643. The molecule has 7 heavy (non-hydrogen) atoms. The molecule has 3 nitrogen and oxygen atoms in total.